The number of aliphatic carboxylic acids is 1. The lowest BCUT2D eigenvalue weighted by Gasteiger charge is -2.43. The Morgan fingerprint density at radius 2 is 1.61 bits per heavy atom. The van der Waals surface area contributed by atoms with E-state index in [1.54, 1.807) is 55.6 Å². The van der Waals surface area contributed by atoms with E-state index in [1.165, 1.54) is 9.80 Å². The Morgan fingerprint density at radius 3 is 2.24 bits per heavy atom. The first-order valence-electron chi connectivity index (χ1n) is 13.5. The predicted octanol–water partition coefficient (Wildman–Crippen LogP) is 3.89. The Labute approximate surface area is 239 Å². The number of benzene rings is 3. The topological polar surface area (TPSA) is 116 Å². The average molecular weight is 558 g/mol. The van der Waals surface area contributed by atoms with Crippen molar-refractivity contribution < 1.29 is 29.0 Å². The van der Waals surface area contributed by atoms with Gasteiger partial charge >= 0.3 is 5.97 Å². The molecule has 4 rings (SSSR count). The Morgan fingerprint density at radius 1 is 0.927 bits per heavy atom. The summed E-state index contributed by atoms with van der Waals surface area (Å²) in [6.45, 7) is 4.34. The first-order chi connectivity index (χ1) is 19.7. The van der Waals surface area contributed by atoms with E-state index in [0.717, 1.165) is 16.7 Å². The van der Waals surface area contributed by atoms with Gasteiger partial charge in [0.05, 0.1) is 26.0 Å². The molecule has 3 aromatic rings. The third-order valence-corrected chi connectivity index (χ3v) is 7.16. The highest BCUT2D eigenvalue weighted by Crippen LogP contribution is 2.24. The second kappa shape index (κ2) is 13.1. The number of carbonyl (C=O) groups excluding carboxylic acids is 3. The average Bonchev–Trinajstić information content (AvgIpc) is 2.96. The fourth-order valence-corrected chi connectivity index (χ4v) is 5.02. The highest BCUT2D eigenvalue weighted by molar-refractivity contribution is 5.99. The van der Waals surface area contributed by atoms with Crippen LogP contribution in [-0.4, -0.2) is 65.0 Å². The Balaban J connectivity index is 1.67. The molecule has 2 atom stereocenters. The number of nitrogens with one attached hydrogen (secondary N) is 1. The number of rotatable bonds is 9. The lowest BCUT2D eigenvalue weighted by atomic mass is 10.0. The summed E-state index contributed by atoms with van der Waals surface area (Å²) in [4.78, 5) is 55.9. The molecule has 2 N–H and O–H groups in total. The molecule has 0 aliphatic carbocycles. The van der Waals surface area contributed by atoms with Crippen molar-refractivity contribution in [2.45, 2.75) is 45.3 Å². The number of aryl methyl sites for hydroxylation is 2. The minimum Gasteiger partial charge on any atom is -0.497 e. The lowest BCUT2D eigenvalue weighted by Crippen LogP contribution is -2.64. The third-order valence-electron chi connectivity index (χ3n) is 7.16. The second-order valence-corrected chi connectivity index (χ2v) is 10.3. The van der Waals surface area contributed by atoms with Crippen LogP contribution in [0, 0.1) is 13.8 Å². The van der Waals surface area contributed by atoms with Crippen molar-refractivity contribution in [3.05, 3.63) is 101 Å². The molecule has 2 unspecified atom stereocenters. The molecule has 0 saturated carbocycles. The maximum Gasteiger partial charge on any atom is 0.305 e. The van der Waals surface area contributed by atoms with Crippen molar-refractivity contribution in [3.8, 4) is 5.75 Å². The number of carbonyl (C=O) groups is 4. The van der Waals surface area contributed by atoms with E-state index in [-0.39, 0.29) is 37.7 Å². The van der Waals surface area contributed by atoms with E-state index in [0.29, 0.717) is 23.3 Å². The number of methoxy groups -OCH3 is 1. The van der Waals surface area contributed by atoms with Gasteiger partial charge in [0.15, 0.2) is 6.17 Å². The van der Waals surface area contributed by atoms with Gasteiger partial charge in [-0.25, -0.2) is 0 Å². The number of carboxylic acid groups (broad SMARTS) is 1. The van der Waals surface area contributed by atoms with Crippen LogP contribution in [-0.2, 0) is 20.8 Å². The van der Waals surface area contributed by atoms with Gasteiger partial charge in [-0.1, -0.05) is 59.7 Å². The van der Waals surface area contributed by atoms with Crippen LogP contribution in [0.25, 0.3) is 0 Å². The summed E-state index contributed by atoms with van der Waals surface area (Å²) in [6.07, 6.45) is -1.08. The maximum atomic E-state index is 14.0. The quantitative estimate of drug-likeness (QED) is 0.413. The first kappa shape index (κ1) is 29.3. The van der Waals surface area contributed by atoms with Crippen molar-refractivity contribution in [1.29, 1.82) is 0 Å². The van der Waals surface area contributed by atoms with Gasteiger partial charge in [-0.15, -0.1) is 0 Å². The molecule has 214 valence electrons. The van der Waals surface area contributed by atoms with E-state index in [9.17, 15) is 24.3 Å². The van der Waals surface area contributed by atoms with E-state index in [2.05, 4.69) is 5.32 Å². The van der Waals surface area contributed by atoms with E-state index >= 15 is 0 Å². The molecule has 1 aliphatic rings. The number of hydrogen-bond acceptors (Lipinski definition) is 5. The highest BCUT2D eigenvalue weighted by Gasteiger charge is 2.41. The normalized spacial score (nSPS) is 15.6. The number of amides is 3. The Hall–Kier alpha value is -4.66. The van der Waals surface area contributed by atoms with Crippen molar-refractivity contribution >= 4 is 23.7 Å². The molecule has 3 amide bonds. The fraction of sp³-hybridized carbons (Fsp3) is 0.312. The van der Waals surface area contributed by atoms with Gasteiger partial charge in [-0.05, 0) is 55.7 Å². The molecule has 1 heterocycles. The summed E-state index contributed by atoms with van der Waals surface area (Å²) in [5.41, 5.74) is 3.67. The molecule has 1 fully saturated rings. The predicted molar refractivity (Wildman–Crippen MR) is 153 cm³/mol. The molecule has 0 bridgehead atoms. The van der Waals surface area contributed by atoms with Gasteiger partial charge in [-0.2, -0.15) is 0 Å². The molecular formula is C32H35N3O6. The molecule has 9 nitrogen and oxygen atoms in total. The molecular weight excluding hydrogens is 522 g/mol. The number of hydrogen-bond donors (Lipinski definition) is 2. The summed E-state index contributed by atoms with van der Waals surface area (Å²) in [5, 5.41) is 12.4. The van der Waals surface area contributed by atoms with Crippen LogP contribution < -0.4 is 10.1 Å². The van der Waals surface area contributed by atoms with Gasteiger partial charge in [-0.3, -0.25) is 19.2 Å². The second-order valence-electron chi connectivity index (χ2n) is 10.3. The standard InChI is InChI=1S/C32H35N3O6/c1-21-8-12-24(13-9-21)32(40)35-17-5-16-34(28(36)19-23-10-14-26(41-3)15-11-23)31(35)30(39)33-27(20-29(37)38)25-7-4-6-22(2)18-25/h4,6-15,18,27,31H,5,16-17,19-20H2,1-3H3,(H,33,39)(H,37,38). The molecule has 0 spiro atoms. The van der Waals surface area contributed by atoms with E-state index in [1.807, 2.05) is 38.1 Å². The molecule has 0 aromatic heterocycles. The fourth-order valence-electron chi connectivity index (χ4n) is 5.02. The van der Waals surface area contributed by atoms with Crippen molar-refractivity contribution in [3.63, 3.8) is 0 Å². The highest BCUT2D eigenvalue weighted by atomic mass is 16.5. The van der Waals surface area contributed by atoms with Gasteiger partial charge in [0.25, 0.3) is 11.8 Å². The molecule has 1 aliphatic heterocycles. The van der Waals surface area contributed by atoms with Crippen molar-refractivity contribution in [2.75, 3.05) is 20.2 Å². The van der Waals surface area contributed by atoms with Crippen LogP contribution in [0.3, 0.4) is 0 Å². The van der Waals surface area contributed by atoms with Crippen LogP contribution in [0.2, 0.25) is 0 Å². The van der Waals surface area contributed by atoms with E-state index in [4.69, 9.17) is 4.74 Å². The summed E-state index contributed by atoms with van der Waals surface area (Å²) >= 11 is 0. The third kappa shape index (κ3) is 7.30. The number of ether oxygens (including phenoxy) is 1. The molecule has 1 saturated heterocycles. The molecule has 0 radical (unpaired) electrons. The zero-order valence-electron chi connectivity index (χ0n) is 23.5. The van der Waals surface area contributed by atoms with Gasteiger partial charge in [0, 0.05) is 18.7 Å². The van der Waals surface area contributed by atoms with Crippen LogP contribution in [0.1, 0.15) is 51.5 Å². The van der Waals surface area contributed by atoms with Crippen LogP contribution in [0.5, 0.6) is 5.75 Å². The van der Waals surface area contributed by atoms with Crippen LogP contribution in [0.15, 0.2) is 72.8 Å². The largest absolute Gasteiger partial charge is 0.497 e. The first-order valence-corrected chi connectivity index (χ1v) is 13.5. The zero-order valence-corrected chi connectivity index (χ0v) is 23.5. The van der Waals surface area contributed by atoms with Crippen molar-refractivity contribution in [1.82, 2.24) is 15.1 Å². The summed E-state index contributed by atoms with van der Waals surface area (Å²) in [7, 11) is 1.56. The SMILES string of the molecule is COc1ccc(CC(=O)N2CCCN(C(=O)c3ccc(C)cc3)C2C(=O)NC(CC(=O)O)c2cccc(C)c2)cc1. The van der Waals surface area contributed by atoms with Gasteiger partial charge in [0.2, 0.25) is 5.91 Å². The number of nitrogens with zero attached hydrogens (tertiary/aromatic N) is 2. The van der Waals surface area contributed by atoms with Gasteiger partial charge in [0.1, 0.15) is 5.75 Å². The number of carboxylic acids is 1. The maximum absolute atomic E-state index is 14.0. The zero-order chi connectivity index (χ0) is 29.5. The molecule has 41 heavy (non-hydrogen) atoms. The van der Waals surface area contributed by atoms with Crippen LogP contribution >= 0.6 is 0 Å². The minimum atomic E-state index is -1.25. The van der Waals surface area contributed by atoms with Crippen molar-refractivity contribution in [2.24, 2.45) is 0 Å². The summed E-state index contributed by atoms with van der Waals surface area (Å²) < 4.78 is 5.20. The Bertz CT molecular complexity index is 1400. The lowest BCUT2D eigenvalue weighted by molar-refractivity contribution is -0.149. The Kier molecular flexibility index (Phi) is 9.39. The minimum absolute atomic E-state index is 0.0246. The van der Waals surface area contributed by atoms with Crippen LogP contribution in [0.4, 0.5) is 0 Å². The summed E-state index contributed by atoms with van der Waals surface area (Å²) in [6, 6.07) is 20.5. The van der Waals surface area contributed by atoms with Gasteiger partial charge < -0.3 is 25.0 Å². The smallest absolute Gasteiger partial charge is 0.305 e. The van der Waals surface area contributed by atoms with E-state index < -0.39 is 24.1 Å². The summed E-state index contributed by atoms with van der Waals surface area (Å²) in [5.74, 6) is -1.73. The monoisotopic (exact) mass is 557 g/mol. The molecule has 3 aromatic carbocycles. The molecule has 9 heteroatoms.